The van der Waals surface area contributed by atoms with Gasteiger partial charge in [-0.3, -0.25) is 18.7 Å². The first-order valence-corrected chi connectivity index (χ1v) is 14.9. The van der Waals surface area contributed by atoms with Crippen molar-refractivity contribution < 1.29 is 48.1 Å². The Balaban J connectivity index is 1.75. The monoisotopic (exact) mass is 582 g/mol. The van der Waals surface area contributed by atoms with Gasteiger partial charge in [-0.25, -0.2) is 12.6 Å². The fourth-order valence-corrected chi connectivity index (χ4v) is 6.01. The fourth-order valence-electron chi connectivity index (χ4n) is 3.87. The molecule has 5 N–H and O–H groups in total. The SMILES string of the molecule is Nc1c(S(=O)(=O)O)cc(Nc2ccc(S(=O)(=O)CCOS(=O)(=O)O)cc2)c2c1C(=O)c1ccccc1C2=O. The number of hydrogen-bond acceptors (Lipinski definition) is 11. The fraction of sp³-hybridized carbons (Fsp3) is 0.0909. The van der Waals surface area contributed by atoms with E-state index in [9.17, 15) is 39.4 Å². The smallest absolute Gasteiger partial charge is 0.397 e. The van der Waals surface area contributed by atoms with Crippen molar-refractivity contribution in [3.05, 3.63) is 76.9 Å². The molecule has 0 fully saturated rings. The zero-order valence-corrected chi connectivity index (χ0v) is 21.4. The van der Waals surface area contributed by atoms with Crippen molar-refractivity contribution >= 4 is 59.0 Å². The van der Waals surface area contributed by atoms with E-state index in [4.69, 9.17) is 10.3 Å². The third-order valence-corrected chi connectivity index (χ3v) is 8.61. The Bertz CT molecular complexity index is 1810. The molecule has 3 aromatic carbocycles. The number of carbonyl (C=O) groups is 2. The van der Waals surface area contributed by atoms with Crippen molar-refractivity contribution in [1.82, 2.24) is 0 Å². The highest BCUT2D eigenvalue weighted by atomic mass is 32.3. The van der Waals surface area contributed by atoms with Gasteiger partial charge in [0.1, 0.15) is 4.90 Å². The number of fused-ring (bicyclic) bond motifs is 2. The lowest BCUT2D eigenvalue weighted by atomic mass is 9.82. The van der Waals surface area contributed by atoms with Crippen LogP contribution >= 0.6 is 0 Å². The number of benzene rings is 3. The lowest BCUT2D eigenvalue weighted by Gasteiger charge is -2.23. The van der Waals surface area contributed by atoms with Crippen molar-refractivity contribution in [3.63, 3.8) is 0 Å². The number of nitrogen functional groups attached to an aromatic ring is 1. The van der Waals surface area contributed by atoms with Crippen LogP contribution in [0.2, 0.25) is 0 Å². The van der Waals surface area contributed by atoms with Gasteiger partial charge < -0.3 is 11.1 Å². The zero-order valence-electron chi connectivity index (χ0n) is 19.0. The Hall–Kier alpha value is -3.67. The van der Waals surface area contributed by atoms with Gasteiger partial charge in [0.15, 0.2) is 21.4 Å². The molecular weight excluding hydrogens is 564 g/mol. The highest BCUT2D eigenvalue weighted by Crippen LogP contribution is 2.40. The van der Waals surface area contributed by atoms with E-state index in [0.29, 0.717) is 0 Å². The van der Waals surface area contributed by atoms with Gasteiger partial charge >= 0.3 is 10.4 Å². The Morgan fingerprint density at radius 3 is 1.89 bits per heavy atom. The van der Waals surface area contributed by atoms with E-state index in [0.717, 1.165) is 18.2 Å². The minimum absolute atomic E-state index is 0.00248. The summed E-state index contributed by atoms with van der Waals surface area (Å²) in [5, 5.41) is 2.76. The maximum Gasteiger partial charge on any atom is 0.397 e. The van der Waals surface area contributed by atoms with Crippen LogP contribution in [0.25, 0.3) is 0 Å². The Labute approximate surface area is 216 Å². The number of rotatable bonds is 8. The molecule has 0 radical (unpaired) electrons. The molecule has 0 amide bonds. The number of hydrogen-bond donors (Lipinski definition) is 4. The van der Waals surface area contributed by atoms with Crippen molar-refractivity contribution in [1.29, 1.82) is 0 Å². The molecule has 0 unspecified atom stereocenters. The lowest BCUT2D eigenvalue weighted by molar-refractivity contribution is 0.0980. The van der Waals surface area contributed by atoms with Crippen LogP contribution in [0, 0.1) is 0 Å². The normalized spacial score (nSPS) is 13.6. The molecule has 1 aliphatic rings. The van der Waals surface area contributed by atoms with Gasteiger partial charge in [0.05, 0.1) is 39.8 Å². The van der Waals surface area contributed by atoms with Crippen LogP contribution < -0.4 is 11.1 Å². The summed E-state index contributed by atoms with van der Waals surface area (Å²) in [5.74, 6) is -2.13. The Morgan fingerprint density at radius 2 is 1.37 bits per heavy atom. The van der Waals surface area contributed by atoms with E-state index in [1.807, 2.05) is 0 Å². The summed E-state index contributed by atoms with van der Waals surface area (Å²) >= 11 is 0. The van der Waals surface area contributed by atoms with E-state index in [2.05, 4.69) is 9.50 Å². The number of carbonyl (C=O) groups excluding carboxylic acids is 2. The quantitative estimate of drug-likeness (QED) is 0.171. The van der Waals surface area contributed by atoms with Crippen molar-refractivity contribution in [2.24, 2.45) is 0 Å². The minimum Gasteiger partial charge on any atom is -0.397 e. The molecule has 200 valence electrons. The van der Waals surface area contributed by atoms with Crippen LogP contribution in [0.5, 0.6) is 0 Å². The summed E-state index contributed by atoms with van der Waals surface area (Å²) in [6.07, 6.45) is 0. The van der Waals surface area contributed by atoms with Gasteiger partial charge in [0.2, 0.25) is 0 Å². The number of ketones is 2. The molecule has 3 aromatic rings. The predicted molar refractivity (Wildman–Crippen MR) is 133 cm³/mol. The van der Waals surface area contributed by atoms with Crippen LogP contribution in [0.15, 0.2) is 64.4 Å². The highest BCUT2D eigenvalue weighted by Gasteiger charge is 2.36. The number of nitrogens with one attached hydrogen (secondary N) is 1. The minimum atomic E-state index is -4.93. The van der Waals surface area contributed by atoms with Gasteiger partial charge in [-0.2, -0.15) is 16.8 Å². The van der Waals surface area contributed by atoms with Gasteiger partial charge in [0.25, 0.3) is 10.1 Å². The molecule has 4 rings (SSSR count). The maximum atomic E-state index is 13.3. The number of anilines is 3. The Kier molecular flexibility index (Phi) is 6.89. The number of sulfone groups is 1. The molecule has 13 nitrogen and oxygen atoms in total. The molecule has 0 spiro atoms. The molecule has 0 heterocycles. The second-order valence-corrected chi connectivity index (χ2v) is 12.6. The molecule has 0 atom stereocenters. The standard InChI is InChI=1S/C22H18N2O11S3/c23-20-17(37(29,30)31)11-16(18-19(20)22(26)15-4-2-1-3-14(15)21(18)25)24-12-5-7-13(8-6-12)36(27,28)10-9-35-38(32,33)34/h1-8,11,24H,9-10,23H2,(H,29,30,31)(H,32,33,34). The van der Waals surface area contributed by atoms with Crippen LogP contribution in [0.4, 0.5) is 17.1 Å². The maximum absolute atomic E-state index is 13.3. The average Bonchev–Trinajstić information content (AvgIpc) is 2.82. The lowest BCUT2D eigenvalue weighted by Crippen LogP contribution is -2.25. The largest absolute Gasteiger partial charge is 0.397 e. The average molecular weight is 583 g/mol. The molecule has 38 heavy (non-hydrogen) atoms. The second-order valence-electron chi connectivity index (χ2n) is 7.98. The Morgan fingerprint density at radius 1 is 0.816 bits per heavy atom. The number of nitrogens with two attached hydrogens (primary N) is 1. The van der Waals surface area contributed by atoms with Gasteiger partial charge in [-0.1, -0.05) is 24.3 Å². The van der Waals surface area contributed by atoms with Crippen molar-refractivity contribution in [2.45, 2.75) is 9.79 Å². The summed E-state index contributed by atoms with van der Waals surface area (Å²) in [7, 11) is -13.8. The van der Waals surface area contributed by atoms with Crippen molar-refractivity contribution in [3.8, 4) is 0 Å². The topological polar surface area (TPSA) is 224 Å². The molecule has 0 bridgehead atoms. The molecule has 0 saturated carbocycles. The summed E-state index contributed by atoms with van der Waals surface area (Å²) in [6.45, 7) is -0.825. The highest BCUT2D eigenvalue weighted by molar-refractivity contribution is 7.91. The first-order chi connectivity index (χ1) is 17.6. The second kappa shape index (κ2) is 9.57. The van der Waals surface area contributed by atoms with Crippen molar-refractivity contribution in [2.75, 3.05) is 23.4 Å². The van der Waals surface area contributed by atoms with Crippen LogP contribution in [-0.2, 0) is 34.5 Å². The predicted octanol–water partition coefficient (Wildman–Crippen LogP) is 1.63. The van der Waals surface area contributed by atoms with E-state index in [-0.39, 0.29) is 33.0 Å². The summed E-state index contributed by atoms with van der Waals surface area (Å²) < 4.78 is 92.3. The summed E-state index contributed by atoms with van der Waals surface area (Å²) in [6, 6.07) is 11.5. The van der Waals surface area contributed by atoms with Crippen LogP contribution in [-0.4, -0.2) is 58.3 Å². The molecular formula is C22H18N2O11S3. The van der Waals surface area contributed by atoms with E-state index in [1.54, 1.807) is 0 Å². The zero-order chi connectivity index (χ0) is 28.0. The van der Waals surface area contributed by atoms with E-state index in [1.165, 1.54) is 36.4 Å². The van der Waals surface area contributed by atoms with E-state index < -0.39 is 70.4 Å². The van der Waals surface area contributed by atoms with Gasteiger partial charge in [-0.05, 0) is 30.3 Å². The molecule has 0 aliphatic heterocycles. The first-order valence-electron chi connectivity index (χ1n) is 10.4. The molecule has 1 aliphatic carbocycles. The van der Waals surface area contributed by atoms with E-state index >= 15 is 0 Å². The van der Waals surface area contributed by atoms with Gasteiger partial charge in [0, 0.05) is 16.8 Å². The molecule has 0 aromatic heterocycles. The molecule has 0 saturated heterocycles. The van der Waals surface area contributed by atoms with Crippen LogP contribution in [0.3, 0.4) is 0 Å². The van der Waals surface area contributed by atoms with Gasteiger partial charge in [-0.15, -0.1) is 0 Å². The third kappa shape index (κ3) is 5.31. The first kappa shape index (κ1) is 27.4. The van der Waals surface area contributed by atoms with Crippen LogP contribution in [0.1, 0.15) is 31.8 Å². The molecule has 16 heteroatoms. The summed E-state index contributed by atoms with van der Waals surface area (Å²) in [5.41, 5.74) is 4.70. The summed E-state index contributed by atoms with van der Waals surface area (Å²) in [4.78, 5) is 25.5. The third-order valence-electron chi connectivity index (χ3n) is 5.55.